The molecule has 3 heterocycles. The normalized spacial score (nSPS) is 25.3. The van der Waals surface area contributed by atoms with Gasteiger partial charge in [0.2, 0.25) is 10.0 Å². The number of aryl methyl sites for hydroxylation is 1. The van der Waals surface area contributed by atoms with E-state index in [1.54, 1.807) is 31.4 Å². The summed E-state index contributed by atoms with van der Waals surface area (Å²) < 4.78 is 40.1. The van der Waals surface area contributed by atoms with Crippen LogP contribution < -0.4 is 10.1 Å². The highest BCUT2D eigenvalue weighted by molar-refractivity contribution is 7.89. The van der Waals surface area contributed by atoms with Gasteiger partial charge in [-0.3, -0.25) is 4.79 Å². The number of carbonyl (C=O) groups is 1. The quantitative estimate of drug-likeness (QED) is 0.747. The highest BCUT2D eigenvalue weighted by Crippen LogP contribution is 2.47. The van der Waals surface area contributed by atoms with Gasteiger partial charge < -0.3 is 14.8 Å². The van der Waals surface area contributed by atoms with Crippen molar-refractivity contribution >= 4 is 33.0 Å². The first kappa shape index (κ1) is 20.9. The third-order valence-corrected chi connectivity index (χ3v) is 9.50. The highest BCUT2D eigenvalue weighted by atomic mass is 32.2. The van der Waals surface area contributed by atoms with Gasteiger partial charge in [-0.2, -0.15) is 4.31 Å². The van der Waals surface area contributed by atoms with Crippen LogP contribution in [0.4, 0.5) is 5.69 Å². The number of carbonyl (C=O) groups excluding carboxylic acids is 1. The molecular formula is C22H26N2O5S2. The number of likely N-dealkylation sites (N-methyl/N-ethyl adjacent to an activating group) is 1. The number of sulfonamides is 1. The number of anilines is 1. The number of rotatable bonds is 4. The van der Waals surface area contributed by atoms with Crippen molar-refractivity contribution in [1.82, 2.24) is 4.31 Å². The van der Waals surface area contributed by atoms with Crippen LogP contribution in [0.5, 0.6) is 5.75 Å². The molecule has 2 aliphatic heterocycles. The van der Waals surface area contributed by atoms with E-state index in [9.17, 15) is 13.2 Å². The molecule has 0 saturated heterocycles. The Morgan fingerprint density at radius 1 is 1.26 bits per heavy atom. The molecule has 1 aliphatic carbocycles. The van der Waals surface area contributed by atoms with Crippen molar-refractivity contribution in [2.75, 3.05) is 25.5 Å². The molecule has 9 heteroatoms. The van der Waals surface area contributed by atoms with Crippen LogP contribution in [-0.2, 0) is 19.6 Å². The molecule has 1 fully saturated rings. The number of amides is 1. The molecular weight excluding hydrogens is 436 g/mol. The van der Waals surface area contributed by atoms with Gasteiger partial charge in [-0.1, -0.05) is 12.8 Å². The van der Waals surface area contributed by atoms with E-state index in [0.29, 0.717) is 22.9 Å². The maximum absolute atomic E-state index is 13.4. The smallest absolute Gasteiger partial charge is 0.262 e. The second-order valence-corrected chi connectivity index (χ2v) is 11.5. The summed E-state index contributed by atoms with van der Waals surface area (Å²) >= 11 is 1.76. The molecule has 3 atom stereocenters. The van der Waals surface area contributed by atoms with E-state index >= 15 is 0 Å². The Bertz CT molecular complexity index is 1130. The van der Waals surface area contributed by atoms with Gasteiger partial charge in [-0.15, -0.1) is 11.3 Å². The summed E-state index contributed by atoms with van der Waals surface area (Å²) in [7, 11) is -2.20. The zero-order valence-corrected chi connectivity index (χ0v) is 19.2. The molecule has 5 rings (SSSR count). The number of hydrogen-bond donors (Lipinski definition) is 1. The predicted molar refractivity (Wildman–Crippen MR) is 118 cm³/mol. The van der Waals surface area contributed by atoms with E-state index in [1.165, 1.54) is 21.7 Å². The molecule has 2 aromatic rings. The number of benzene rings is 1. The van der Waals surface area contributed by atoms with Gasteiger partial charge in [0, 0.05) is 24.4 Å². The van der Waals surface area contributed by atoms with Gasteiger partial charge in [0.05, 0.1) is 22.8 Å². The molecule has 166 valence electrons. The Labute approximate surface area is 186 Å². The molecule has 7 nitrogen and oxygen atoms in total. The molecule has 3 aliphatic rings. The minimum atomic E-state index is -3.79. The lowest BCUT2D eigenvalue weighted by atomic mass is 9.81. The van der Waals surface area contributed by atoms with E-state index in [1.807, 2.05) is 0 Å². The van der Waals surface area contributed by atoms with Gasteiger partial charge in [0.15, 0.2) is 6.61 Å². The van der Waals surface area contributed by atoms with Crippen LogP contribution in [0.1, 0.15) is 53.7 Å². The lowest BCUT2D eigenvalue weighted by Gasteiger charge is -2.40. The first-order valence-electron chi connectivity index (χ1n) is 10.6. The standard InChI is InChI=1S/C22H26N2O5S2/c1-13-9-18-16(23-21(25)12-28-18)10-20(13)31(26,27)24(2)11-19-15-7-8-30-22(15)14-5-3-4-6-17(14)29-19/h7-10,14,17,19H,3-6,11-12H2,1-2H3,(H,23,25)/t14-,17+,19+/m1/s1. The molecule has 0 bridgehead atoms. The fourth-order valence-corrected chi connectivity index (χ4v) is 7.41. The number of thiophene rings is 1. The predicted octanol–water partition coefficient (Wildman–Crippen LogP) is 3.81. The lowest BCUT2D eigenvalue weighted by molar-refractivity contribution is -0.118. The molecule has 0 unspecified atom stereocenters. The second kappa shape index (κ2) is 7.88. The zero-order valence-electron chi connectivity index (χ0n) is 17.6. The molecule has 1 amide bonds. The van der Waals surface area contributed by atoms with E-state index in [0.717, 1.165) is 24.8 Å². The number of nitrogens with zero attached hydrogens (tertiary/aromatic N) is 1. The average Bonchev–Trinajstić information content (AvgIpc) is 3.24. The Balaban J connectivity index is 1.42. The van der Waals surface area contributed by atoms with E-state index in [4.69, 9.17) is 9.47 Å². The summed E-state index contributed by atoms with van der Waals surface area (Å²) in [6, 6.07) is 5.23. The van der Waals surface area contributed by atoms with Gasteiger partial charge >= 0.3 is 0 Å². The van der Waals surface area contributed by atoms with Crippen LogP contribution in [0, 0.1) is 6.92 Å². The maximum atomic E-state index is 13.4. The van der Waals surface area contributed by atoms with Crippen molar-refractivity contribution in [3.8, 4) is 5.75 Å². The third kappa shape index (κ3) is 3.67. The highest BCUT2D eigenvalue weighted by Gasteiger charge is 2.39. The summed E-state index contributed by atoms with van der Waals surface area (Å²) in [4.78, 5) is 13.2. The van der Waals surface area contributed by atoms with Gasteiger partial charge in [-0.05, 0) is 54.5 Å². The summed E-state index contributed by atoms with van der Waals surface area (Å²) in [5.41, 5.74) is 2.08. The molecule has 1 aromatic carbocycles. The summed E-state index contributed by atoms with van der Waals surface area (Å²) in [6.07, 6.45) is 4.43. The fraction of sp³-hybridized carbons (Fsp3) is 0.500. The van der Waals surface area contributed by atoms with Crippen molar-refractivity contribution in [2.24, 2.45) is 0 Å². The summed E-state index contributed by atoms with van der Waals surface area (Å²) in [5, 5.41) is 4.78. The molecule has 1 saturated carbocycles. The number of nitrogens with one attached hydrogen (secondary N) is 1. The Kier molecular flexibility index (Phi) is 5.32. The molecule has 31 heavy (non-hydrogen) atoms. The number of fused-ring (bicyclic) bond motifs is 4. The van der Waals surface area contributed by atoms with E-state index < -0.39 is 10.0 Å². The third-order valence-electron chi connectivity index (χ3n) is 6.47. The molecule has 0 radical (unpaired) electrons. The maximum Gasteiger partial charge on any atom is 0.262 e. The van der Waals surface area contributed by atoms with Crippen LogP contribution in [-0.4, -0.2) is 44.9 Å². The van der Waals surface area contributed by atoms with Crippen LogP contribution in [0.2, 0.25) is 0 Å². The summed E-state index contributed by atoms with van der Waals surface area (Å²) in [5.74, 6) is 0.629. The molecule has 0 spiro atoms. The second-order valence-electron chi connectivity index (χ2n) is 8.53. The Morgan fingerprint density at radius 2 is 2.06 bits per heavy atom. The largest absolute Gasteiger partial charge is 0.482 e. The fourth-order valence-electron chi connectivity index (χ4n) is 4.87. The van der Waals surface area contributed by atoms with Gasteiger partial charge in [0.1, 0.15) is 5.75 Å². The first-order valence-corrected chi connectivity index (χ1v) is 12.9. The molecule has 1 aromatic heterocycles. The zero-order chi connectivity index (χ0) is 21.8. The van der Waals surface area contributed by atoms with Gasteiger partial charge in [0.25, 0.3) is 5.91 Å². The van der Waals surface area contributed by atoms with Crippen molar-refractivity contribution in [1.29, 1.82) is 0 Å². The van der Waals surface area contributed by atoms with Crippen molar-refractivity contribution in [3.63, 3.8) is 0 Å². The average molecular weight is 463 g/mol. The first-order chi connectivity index (χ1) is 14.8. The monoisotopic (exact) mass is 462 g/mol. The van der Waals surface area contributed by atoms with Crippen LogP contribution in [0.3, 0.4) is 0 Å². The Hall–Kier alpha value is -1.94. The minimum absolute atomic E-state index is 0.0669. The van der Waals surface area contributed by atoms with Crippen molar-refractivity contribution < 1.29 is 22.7 Å². The van der Waals surface area contributed by atoms with E-state index in [-0.39, 0.29) is 36.2 Å². The number of ether oxygens (including phenoxy) is 2. The van der Waals surface area contributed by atoms with E-state index in [2.05, 4.69) is 16.8 Å². The lowest BCUT2D eigenvalue weighted by Crippen LogP contribution is -2.38. The van der Waals surface area contributed by atoms with Crippen LogP contribution in [0.15, 0.2) is 28.5 Å². The summed E-state index contributed by atoms with van der Waals surface area (Å²) in [6.45, 7) is 1.92. The number of hydrogen-bond acceptors (Lipinski definition) is 6. The Morgan fingerprint density at radius 3 is 2.90 bits per heavy atom. The topological polar surface area (TPSA) is 84.9 Å². The van der Waals surface area contributed by atoms with Crippen molar-refractivity contribution in [2.45, 2.75) is 55.6 Å². The van der Waals surface area contributed by atoms with Gasteiger partial charge in [-0.25, -0.2) is 8.42 Å². The van der Waals surface area contributed by atoms with Crippen LogP contribution in [0.25, 0.3) is 0 Å². The SMILES string of the molecule is Cc1cc2c(cc1S(=O)(=O)N(C)C[C@@H]1O[C@H]3CCCC[C@H]3c3sccc31)NC(=O)CO2. The van der Waals surface area contributed by atoms with Crippen molar-refractivity contribution in [3.05, 3.63) is 39.6 Å². The van der Waals surface area contributed by atoms with Crippen LogP contribution >= 0.6 is 11.3 Å². The minimum Gasteiger partial charge on any atom is -0.482 e. The molecule has 1 N–H and O–H groups in total.